The molecule has 0 atom stereocenters. The van der Waals surface area contributed by atoms with Gasteiger partial charge in [0, 0.05) is 30.9 Å². The summed E-state index contributed by atoms with van der Waals surface area (Å²) in [5.41, 5.74) is 2.31. The molecule has 0 N–H and O–H groups in total. The van der Waals surface area contributed by atoms with Gasteiger partial charge in [0.2, 0.25) is 5.91 Å². The summed E-state index contributed by atoms with van der Waals surface area (Å²) in [7, 11) is 0. The van der Waals surface area contributed by atoms with Gasteiger partial charge in [-0.05, 0) is 43.7 Å². The molecule has 0 unspecified atom stereocenters. The minimum atomic E-state index is 0.00306. The number of carbonyl (C=O) groups is 1. The van der Waals surface area contributed by atoms with E-state index in [1.54, 1.807) is 22.2 Å². The lowest BCUT2D eigenvalue weighted by Gasteiger charge is -2.21. The van der Waals surface area contributed by atoms with Crippen molar-refractivity contribution < 1.29 is 4.79 Å². The average molecular weight is 396 g/mol. The van der Waals surface area contributed by atoms with E-state index >= 15 is 0 Å². The molecule has 6 heteroatoms. The zero-order valence-electron chi connectivity index (χ0n) is 16.2. The van der Waals surface area contributed by atoms with Crippen LogP contribution in [0.25, 0.3) is 10.2 Å². The number of benzene rings is 1. The van der Waals surface area contributed by atoms with Gasteiger partial charge < -0.3 is 4.90 Å². The van der Waals surface area contributed by atoms with E-state index in [1.807, 2.05) is 42.2 Å². The lowest BCUT2D eigenvalue weighted by atomic mass is 9.97. The van der Waals surface area contributed by atoms with Crippen molar-refractivity contribution in [2.45, 2.75) is 52.1 Å². The predicted molar refractivity (Wildman–Crippen MR) is 113 cm³/mol. The Labute approximate surface area is 168 Å². The van der Waals surface area contributed by atoms with Gasteiger partial charge in [-0.3, -0.25) is 14.2 Å². The van der Waals surface area contributed by atoms with E-state index in [0.717, 1.165) is 35.0 Å². The Morgan fingerprint density at radius 3 is 2.79 bits per heavy atom. The molecule has 1 amide bonds. The van der Waals surface area contributed by atoms with E-state index < -0.39 is 0 Å². The SMILES string of the molecule is CCN(Cc1ccccc1)C(=O)CCn1cnc2sc3c(c2c1=O)CCCC3. The van der Waals surface area contributed by atoms with Gasteiger partial charge in [0.25, 0.3) is 5.56 Å². The number of hydrogen-bond acceptors (Lipinski definition) is 4. The Bertz CT molecular complexity index is 1040. The minimum absolute atomic E-state index is 0.00306. The molecule has 2 aromatic heterocycles. The van der Waals surface area contributed by atoms with E-state index in [0.29, 0.717) is 26.1 Å². The second kappa shape index (κ2) is 8.27. The normalized spacial score (nSPS) is 13.5. The molecule has 1 aliphatic carbocycles. The van der Waals surface area contributed by atoms with Crippen LogP contribution in [0.3, 0.4) is 0 Å². The van der Waals surface area contributed by atoms with Gasteiger partial charge in [-0.15, -0.1) is 11.3 Å². The van der Waals surface area contributed by atoms with E-state index in [1.165, 1.54) is 16.9 Å². The number of amides is 1. The molecule has 1 aliphatic rings. The second-order valence-corrected chi connectivity index (χ2v) is 8.36. The number of thiophene rings is 1. The number of carbonyl (C=O) groups excluding carboxylic acids is 1. The van der Waals surface area contributed by atoms with Gasteiger partial charge in [0.05, 0.1) is 11.7 Å². The Hall–Kier alpha value is -2.47. The van der Waals surface area contributed by atoms with Gasteiger partial charge in [-0.2, -0.15) is 0 Å². The molecule has 2 heterocycles. The predicted octanol–water partition coefficient (Wildman–Crippen LogP) is 3.78. The lowest BCUT2D eigenvalue weighted by molar-refractivity contribution is -0.131. The van der Waals surface area contributed by atoms with Crippen molar-refractivity contribution in [1.29, 1.82) is 0 Å². The summed E-state index contributed by atoms with van der Waals surface area (Å²) in [6, 6.07) is 9.99. The van der Waals surface area contributed by atoms with Crippen LogP contribution in [0.4, 0.5) is 0 Å². The van der Waals surface area contributed by atoms with Crippen molar-refractivity contribution in [1.82, 2.24) is 14.5 Å². The van der Waals surface area contributed by atoms with Gasteiger partial charge in [-0.1, -0.05) is 30.3 Å². The fraction of sp³-hybridized carbons (Fsp3) is 0.409. The summed E-state index contributed by atoms with van der Waals surface area (Å²) in [5, 5.41) is 0.784. The number of fused-ring (bicyclic) bond motifs is 3. The van der Waals surface area contributed by atoms with Gasteiger partial charge in [0.1, 0.15) is 4.83 Å². The topological polar surface area (TPSA) is 55.2 Å². The highest BCUT2D eigenvalue weighted by atomic mass is 32.1. The first-order valence-corrected chi connectivity index (χ1v) is 10.8. The number of aryl methyl sites for hydroxylation is 3. The lowest BCUT2D eigenvalue weighted by Crippen LogP contribution is -2.32. The van der Waals surface area contributed by atoms with E-state index in [4.69, 9.17) is 0 Å². The van der Waals surface area contributed by atoms with Crippen LogP contribution < -0.4 is 5.56 Å². The van der Waals surface area contributed by atoms with E-state index in [-0.39, 0.29) is 11.5 Å². The highest BCUT2D eigenvalue weighted by molar-refractivity contribution is 7.18. The third-order valence-electron chi connectivity index (χ3n) is 5.46. The van der Waals surface area contributed by atoms with Crippen LogP contribution in [0.15, 0.2) is 41.5 Å². The monoisotopic (exact) mass is 395 g/mol. The molecule has 5 nitrogen and oxygen atoms in total. The smallest absolute Gasteiger partial charge is 0.262 e. The molecule has 28 heavy (non-hydrogen) atoms. The van der Waals surface area contributed by atoms with Crippen molar-refractivity contribution in [3.8, 4) is 0 Å². The fourth-order valence-electron chi connectivity index (χ4n) is 3.89. The van der Waals surface area contributed by atoms with E-state index in [2.05, 4.69) is 4.98 Å². The average Bonchev–Trinajstić information content (AvgIpc) is 3.11. The van der Waals surface area contributed by atoms with Gasteiger partial charge in [0.15, 0.2) is 0 Å². The molecule has 0 spiro atoms. The maximum atomic E-state index is 13.0. The second-order valence-electron chi connectivity index (χ2n) is 7.28. The largest absolute Gasteiger partial charge is 0.339 e. The number of nitrogens with zero attached hydrogens (tertiary/aromatic N) is 3. The maximum absolute atomic E-state index is 13.0. The van der Waals surface area contributed by atoms with Crippen LogP contribution in [0.5, 0.6) is 0 Å². The summed E-state index contributed by atoms with van der Waals surface area (Å²) in [4.78, 5) is 34.2. The van der Waals surface area contributed by atoms with Gasteiger partial charge >= 0.3 is 0 Å². The van der Waals surface area contributed by atoms with Crippen molar-refractivity contribution >= 4 is 27.5 Å². The number of aromatic nitrogens is 2. The first-order chi connectivity index (χ1) is 13.7. The molecule has 0 bridgehead atoms. The Morgan fingerprint density at radius 1 is 1.21 bits per heavy atom. The fourth-order valence-corrected chi connectivity index (χ4v) is 5.11. The summed E-state index contributed by atoms with van der Waals surface area (Å²) in [5.74, 6) is 0.0608. The number of hydrogen-bond donors (Lipinski definition) is 0. The van der Waals surface area contributed by atoms with Crippen molar-refractivity contribution in [2.24, 2.45) is 0 Å². The molecule has 0 saturated carbocycles. The molecular weight excluding hydrogens is 370 g/mol. The highest BCUT2D eigenvalue weighted by Crippen LogP contribution is 2.33. The summed E-state index contributed by atoms with van der Waals surface area (Å²) in [6.45, 7) is 3.60. The molecule has 0 aliphatic heterocycles. The highest BCUT2D eigenvalue weighted by Gasteiger charge is 2.20. The molecule has 0 fully saturated rings. The van der Waals surface area contributed by atoms with E-state index in [9.17, 15) is 9.59 Å². The Morgan fingerprint density at radius 2 is 2.00 bits per heavy atom. The number of rotatable bonds is 6. The standard InChI is InChI=1S/C22H25N3O2S/c1-2-24(14-16-8-4-3-5-9-16)19(26)12-13-25-15-23-21-20(22(25)27)17-10-6-7-11-18(17)28-21/h3-5,8-9,15H,2,6-7,10-14H2,1H3. The quantitative estimate of drug-likeness (QED) is 0.638. The third-order valence-corrected chi connectivity index (χ3v) is 6.66. The summed E-state index contributed by atoms with van der Waals surface area (Å²) >= 11 is 1.66. The first kappa shape index (κ1) is 18.9. The minimum Gasteiger partial charge on any atom is -0.339 e. The summed E-state index contributed by atoms with van der Waals surface area (Å²) in [6.07, 6.45) is 6.26. The molecular formula is C22H25N3O2S. The third kappa shape index (κ3) is 3.74. The molecule has 0 saturated heterocycles. The van der Waals surface area contributed by atoms with Crippen LogP contribution in [-0.2, 0) is 30.7 Å². The Kier molecular flexibility index (Phi) is 5.57. The summed E-state index contributed by atoms with van der Waals surface area (Å²) < 4.78 is 1.61. The molecule has 4 rings (SSSR count). The van der Waals surface area contributed by atoms with Crippen molar-refractivity contribution in [3.05, 3.63) is 63.0 Å². The van der Waals surface area contributed by atoms with Crippen LogP contribution in [0.2, 0.25) is 0 Å². The molecule has 3 aromatic rings. The zero-order chi connectivity index (χ0) is 19.5. The first-order valence-electron chi connectivity index (χ1n) is 9.98. The zero-order valence-corrected chi connectivity index (χ0v) is 17.0. The molecule has 0 radical (unpaired) electrons. The molecule has 146 valence electrons. The maximum Gasteiger partial charge on any atom is 0.262 e. The van der Waals surface area contributed by atoms with Gasteiger partial charge in [-0.25, -0.2) is 4.98 Å². The van der Waals surface area contributed by atoms with Crippen LogP contribution in [0.1, 0.15) is 42.2 Å². The van der Waals surface area contributed by atoms with Crippen LogP contribution >= 0.6 is 11.3 Å². The molecule has 1 aromatic carbocycles. The van der Waals surface area contributed by atoms with Crippen molar-refractivity contribution in [3.63, 3.8) is 0 Å². The van der Waals surface area contributed by atoms with Crippen LogP contribution in [0, 0.1) is 0 Å². The van der Waals surface area contributed by atoms with Crippen molar-refractivity contribution in [2.75, 3.05) is 6.54 Å². The Balaban J connectivity index is 1.49. The van der Waals surface area contributed by atoms with Crippen LogP contribution in [-0.4, -0.2) is 26.9 Å².